The zero-order valence-corrected chi connectivity index (χ0v) is 10.4. The van der Waals surface area contributed by atoms with Gasteiger partial charge in [0.15, 0.2) is 0 Å². The van der Waals surface area contributed by atoms with E-state index in [4.69, 9.17) is 0 Å². The molecular weight excluding hydrogens is 214 g/mol. The monoisotopic (exact) mass is 231 g/mol. The summed E-state index contributed by atoms with van der Waals surface area (Å²) in [6, 6.07) is 5.80. The van der Waals surface area contributed by atoms with E-state index in [9.17, 15) is 4.79 Å². The van der Waals surface area contributed by atoms with E-state index in [0.29, 0.717) is 12.4 Å². The Morgan fingerprint density at radius 3 is 2.88 bits per heavy atom. The fourth-order valence-corrected chi connectivity index (χ4v) is 1.69. The van der Waals surface area contributed by atoms with Crippen LogP contribution in [0, 0.1) is 5.41 Å². The van der Waals surface area contributed by atoms with Crippen LogP contribution < -0.4 is 5.32 Å². The first-order chi connectivity index (χ1) is 7.96. The Bertz CT molecular complexity index is 537. The molecule has 0 aliphatic rings. The third-order valence-corrected chi connectivity index (χ3v) is 2.38. The Morgan fingerprint density at radius 2 is 2.18 bits per heavy atom. The molecule has 0 saturated carbocycles. The van der Waals surface area contributed by atoms with E-state index in [-0.39, 0.29) is 11.3 Å². The summed E-state index contributed by atoms with van der Waals surface area (Å²) < 4.78 is 1.86. The minimum atomic E-state index is -0.0167. The Labute approximate surface area is 101 Å². The number of rotatable bonds is 2. The molecule has 4 heteroatoms. The van der Waals surface area contributed by atoms with E-state index in [1.165, 1.54) is 0 Å². The van der Waals surface area contributed by atoms with E-state index in [1.807, 2.05) is 49.6 Å². The molecule has 2 heterocycles. The molecule has 0 spiro atoms. The number of nitrogens with one attached hydrogen (secondary N) is 1. The number of carbonyl (C=O) groups is 1. The molecule has 1 N–H and O–H groups in total. The van der Waals surface area contributed by atoms with Crippen molar-refractivity contribution in [3.63, 3.8) is 0 Å². The van der Waals surface area contributed by atoms with Gasteiger partial charge in [0.1, 0.15) is 0 Å². The van der Waals surface area contributed by atoms with E-state index in [2.05, 4.69) is 10.3 Å². The van der Waals surface area contributed by atoms with Gasteiger partial charge >= 0.3 is 0 Å². The highest BCUT2D eigenvalue weighted by atomic mass is 16.1. The average Bonchev–Trinajstić information content (AvgIpc) is 2.59. The summed E-state index contributed by atoms with van der Waals surface area (Å²) >= 11 is 0. The lowest BCUT2D eigenvalue weighted by Crippen LogP contribution is -2.20. The lowest BCUT2D eigenvalue weighted by Gasteiger charge is -2.16. The van der Waals surface area contributed by atoms with E-state index in [1.54, 1.807) is 6.20 Å². The number of anilines is 1. The third kappa shape index (κ3) is 2.84. The molecule has 0 saturated heterocycles. The summed E-state index contributed by atoms with van der Waals surface area (Å²) in [7, 11) is 0. The Balaban J connectivity index is 2.16. The van der Waals surface area contributed by atoms with Gasteiger partial charge in [0.05, 0.1) is 11.7 Å². The molecule has 17 heavy (non-hydrogen) atoms. The molecule has 0 atom stereocenters. The fourth-order valence-electron chi connectivity index (χ4n) is 1.69. The lowest BCUT2D eigenvalue weighted by molar-refractivity contribution is -0.117. The second-order valence-electron chi connectivity index (χ2n) is 5.36. The van der Waals surface area contributed by atoms with Crippen LogP contribution in [-0.4, -0.2) is 15.3 Å². The van der Waals surface area contributed by atoms with Crippen LogP contribution in [0.4, 0.5) is 5.95 Å². The predicted octanol–water partition coefficient (Wildman–Crippen LogP) is 2.71. The van der Waals surface area contributed by atoms with Crippen molar-refractivity contribution in [1.29, 1.82) is 0 Å². The Morgan fingerprint density at radius 1 is 1.41 bits per heavy atom. The fraction of sp³-hybridized carbons (Fsp3) is 0.385. The van der Waals surface area contributed by atoms with E-state index < -0.39 is 0 Å². The largest absolute Gasteiger partial charge is 0.296 e. The number of hydrogen-bond acceptors (Lipinski definition) is 2. The van der Waals surface area contributed by atoms with Gasteiger partial charge in [-0.3, -0.25) is 14.5 Å². The zero-order chi connectivity index (χ0) is 12.5. The smallest absolute Gasteiger partial charge is 0.227 e. The first-order valence-electron chi connectivity index (χ1n) is 5.68. The SMILES string of the molecule is CC(C)(C)CC(=O)Nc1ncc2ccccn12. The molecule has 0 aromatic carbocycles. The molecule has 0 aliphatic heterocycles. The van der Waals surface area contributed by atoms with Crippen LogP contribution >= 0.6 is 0 Å². The number of pyridine rings is 1. The van der Waals surface area contributed by atoms with Gasteiger partial charge in [0.25, 0.3) is 0 Å². The number of nitrogens with zero attached hydrogens (tertiary/aromatic N) is 2. The second-order valence-corrected chi connectivity index (χ2v) is 5.36. The van der Waals surface area contributed by atoms with Crippen LogP contribution in [0.3, 0.4) is 0 Å². The van der Waals surface area contributed by atoms with Crippen molar-refractivity contribution >= 4 is 17.4 Å². The van der Waals surface area contributed by atoms with Crippen molar-refractivity contribution in [3.05, 3.63) is 30.6 Å². The van der Waals surface area contributed by atoms with Crippen molar-refractivity contribution in [3.8, 4) is 0 Å². The van der Waals surface area contributed by atoms with Gasteiger partial charge < -0.3 is 0 Å². The van der Waals surface area contributed by atoms with Crippen LogP contribution in [0.5, 0.6) is 0 Å². The summed E-state index contributed by atoms with van der Waals surface area (Å²) in [6.07, 6.45) is 4.11. The van der Waals surface area contributed by atoms with Gasteiger partial charge in [-0.2, -0.15) is 0 Å². The molecule has 0 fully saturated rings. The normalized spacial score (nSPS) is 11.7. The minimum Gasteiger partial charge on any atom is -0.296 e. The van der Waals surface area contributed by atoms with Crippen molar-refractivity contribution in [2.24, 2.45) is 5.41 Å². The first-order valence-corrected chi connectivity index (χ1v) is 5.68. The summed E-state index contributed by atoms with van der Waals surface area (Å²) in [5.74, 6) is 0.573. The molecule has 2 aromatic rings. The summed E-state index contributed by atoms with van der Waals surface area (Å²) in [5, 5.41) is 2.83. The number of amides is 1. The lowest BCUT2D eigenvalue weighted by atomic mass is 9.92. The van der Waals surface area contributed by atoms with Crippen molar-refractivity contribution in [2.45, 2.75) is 27.2 Å². The third-order valence-electron chi connectivity index (χ3n) is 2.38. The van der Waals surface area contributed by atoms with Crippen molar-refractivity contribution in [2.75, 3.05) is 5.32 Å². The van der Waals surface area contributed by atoms with Crippen molar-refractivity contribution in [1.82, 2.24) is 9.38 Å². The zero-order valence-electron chi connectivity index (χ0n) is 10.4. The highest BCUT2D eigenvalue weighted by Gasteiger charge is 2.17. The van der Waals surface area contributed by atoms with Gasteiger partial charge in [-0.05, 0) is 17.5 Å². The number of fused-ring (bicyclic) bond motifs is 1. The molecule has 2 rings (SSSR count). The van der Waals surface area contributed by atoms with E-state index >= 15 is 0 Å². The maximum atomic E-state index is 11.8. The molecule has 90 valence electrons. The standard InChI is InChI=1S/C13H17N3O/c1-13(2,3)8-11(17)15-12-14-9-10-6-4-5-7-16(10)12/h4-7,9H,8H2,1-3H3,(H,14,15,17). The van der Waals surface area contributed by atoms with Gasteiger partial charge in [0, 0.05) is 12.6 Å². The summed E-state index contributed by atoms with van der Waals surface area (Å²) in [4.78, 5) is 16.0. The van der Waals surface area contributed by atoms with E-state index in [0.717, 1.165) is 5.52 Å². The highest BCUT2D eigenvalue weighted by Crippen LogP contribution is 2.19. The molecular formula is C13H17N3O. The minimum absolute atomic E-state index is 0.00569. The van der Waals surface area contributed by atoms with Gasteiger partial charge in [-0.15, -0.1) is 0 Å². The maximum absolute atomic E-state index is 11.8. The van der Waals surface area contributed by atoms with Crippen LogP contribution in [0.15, 0.2) is 30.6 Å². The summed E-state index contributed by atoms with van der Waals surface area (Å²) in [6.45, 7) is 6.11. The van der Waals surface area contributed by atoms with Gasteiger partial charge in [-0.1, -0.05) is 26.8 Å². The average molecular weight is 231 g/mol. The molecule has 0 bridgehead atoms. The van der Waals surface area contributed by atoms with Crippen LogP contribution in [0.1, 0.15) is 27.2 Å². The number of carbonyl (C=O) groups excluding carboxylic acids is 1. The molecule has 4 nitrogen and oxygen atoms in total. The van der Waals surface area contributed by atoms with Gasteiger partial charge in [-0.25, -0.2) is 4.98 Å². The number of aromatic nitrogens is 2. The van der Waals surface area contributed by atoms with Crippen LogP contribution in [0.25, 0.3) is 5.52 Å². The topological polar surface area (TPSA) is 46.4 Å². The quantitative estimate of drug-likeness (QED) is 0.863. The van der Waals surface area contributed by atoms with Crippen molar-refractivity contribution < 1.29 is 4.79 Å². The predicted molar refractivity (Wildman–Crippen MR) is 67.9 cm³/mol. The Hall–Kier alpha value is -1.84. The van der Waals surface area contributed by atoms with Crippen LogP contribution in [-0.2, 0) is 4.79 Å². The summed E-state index contributed by atoms with van der Waals surface area (Å²) in [5.41, 5.74) is 0.954. The number of hydrogen-bond donors (Lipinski definition) is 1. The maximum Gasteiger partial charge on any atom is 0.227 e. The Kier molecular flexibility index (Phi) is 2.88. The molecule has 0 radical (unpaired) electrons. The second kappa shape index (κ2) is 4.20. The number of imidazole rings is 1. The highest BCUT2D eigenvalue weighted by molar-refractivity contribution is 5.89. The van der Waals surface area contributed by atoms with Crippen LogP contribution in [0.2, 0.25) is 0 Å². The first kappa shape index (κ1) is 11.6. The molecule has 0 aliphatic carbocycles. The molecule has 1 amide bonds. The van der Waals surface area contributed by atoms with Gasteiger partial charge in [0.2, 0.25) is 11.9 Å². The molecule has 0 unspecified atom stereocenters. The molecule has 2 aromatic heterocycles.